The lowest BCUT2D eigenvalue weighted by Crippen LogP contribution is -2.45. The van der Waals surface area contributed by atoms with Crippen LogP contribution in [0.3, 0.4) is 0 Å². The summed E-state index contributed by atoms with van der Waals surface area (Å²) in [6, 6.07) is 2.87. The highest BCUT2D eigenvalue weighted by Gasteiger charge is 2.30. The van der Waals surface area contributed by atoms with Gasteiger partial charge in [-0.15, -0.1) is 0 Å². The molecule has 0 atom stereocenters. The molecule has 120 valence electrons. The number of halogens is 2. The summed E-state index contributed by atoms with van der Waals surface area (Å²) < 4.78 is 42.6. The van der Waals surface area contributed by atoms with Crippen molar-refractivity contribution in [3.05, 3.63) is 28.0 Å². The van der Waals surface area contributed by atoms with Crippen LogP contribution in [0.2, 0.25) is 0 Å². The number of hydrogen-bond acceptors (Lipinski definition) is 3. The molecule has 0 aliphatic carbocycles. The van der Waals surface area contributed by atoms with Gasteiger partial charge in [0.15, 0.2) is 0 Å². The van der Waals surface area contributed by atoms with Gasteiger partial charge in [-0.1, -0.05) is 29.8 Å². The van der Waals surface area contributed by atoms with Gasteiger partial charge in [0.1, 0.15) is 10.7 Å². The zero-order valence-corrected chi connectivity index (χ0v) is 15.2. The Balaban J connectivity index is 3.32. The molecule has 0 saturated carbocycles. The molecule has 0 spiro atoms. The number of benzene rings is 1. The number of nitrogens with one attached hydrogen (secondary N) is 2. The Hall–Kier alpha value is -0.500. The topological polar surface area (TPSA) is 58.2 Å². The predicted molar refractivity (Wildman–Crippen MR) is 86.2 cm³/mol. The van der Waals surface area contributed by atoms with Crippen molar-refractivity contribution in [3.8, 4) is 0 Å². The SMILES string of the molecule is CCC(C)(CC)NS(=O)(=O)c1cc(Br)cc(CNC)c1F. The van der Waals surface area contributed by atoms with Gasteiger partial charge in [-0.3, -0.25) is 0 Å². The van der Waals surface area contributed by atoms with E-state index in [1.54, 1.807) is 13.1 Å². The number of rotatable bonds is 7. The normalized spacial score (nSPS) is 12.7. The fourth-order valence-electron chi connectivity index (χ4n) is 1.91. The lowest BCUT2D eigenvalue weighted by atomic mass is 9.98. The Morgan fingerprint density at radius 1 is 1.29 bits per heavy atom. The van der Waals surface area contributed by atoms with Crippen LogP contribution in [0.5, 0.6) is 0 Å². The molecule has 2 N–H and O–H groups in total. The zero-order valence-electron chi connectivity index (χ0n) is 12.8. The van der Waals surface area contributed by atoms with Gasteiger partial charge >= 0.3 is 0 Å². The maximum absolute atomic E-state index is 14.4. The Bertz CT molecular complexity index is 601. The highest BCUT2D eigenvalue weighted by molar-refractivity contribution is 9.10. The highest BCUT2D eigenvalue weighted by Crippen LogP contribution is 2.26. The summed E-state index contributed by atoms with van der Waals surface area (Å²) in [6.07, 6.45) is 1.25. The van der Waals surface area contributed by atoms with Crippen LogP contribution < -0.4 is 10.0 Å². The van der Waals surface area contributed by atoms with Gasteiger partial charge in [0, 0.05) is 22.1 Å². The van der Waals surface area contributed by atoms with E-state index in [1.165, 1.54) is 6.07 Å². The molecular weight excluding hydrogens is 359 g/mol. The van der Waals surface area contributed by atoms with Gasteiger partial charge < -0.3 is 5.32 Å². The molecule has 21 heavy (non-hydrogen) atoms. The van der Waals surface area contributed by atoms with Gasteiger partial charge in [-0.05, 0) is 38.9 Å². The maximum Gasteiger partial charge on any atom is 0.244 e. The molecule has 0 amide bonds. The molecular formula is C14H22BrFN2O2S. The van der Waals surface area contributed by atoms with E-state index in [2.05, 4.69) is 26.0 Å². The fraction of sp³-hybridized carbons (Fsp3) is 0.571. The summed E-state index contributed by atoms with van der Waals surface area (Å²) in [7, 11) is -2.24. The molecule has 0 bridgehead atoms. The van der Waals surface area contributed by atoms with E-state index >= 15 is 0 Å². The average Bonchev–Trinajstić information content (AvgIpc) is 2.42. The zero-order chi connectivity index (χ0) is 16.3. The predicted octanol–water partition coefficient (Wildman–Crippen LogP) is 3.16. The molecule has 0 aliphatic rings. The summed E-state index contributed by atoms with van der Waals surface area (Å²) in [4.78, 5) is -0.324. The van der Waals surface area contributed by atoms with Crippen LogP contribution in [0.4, 0.5) is 4.39 Å². The van der Waals surface area contributed by atoms with Gasteiger partial charge in [0.05, 0.1) is 0 Å². The van der Waals surface area contributed by atoms with Crippen LogP contribution in [0.15, 0.2) is 21.5 Å². The first-order chi connectivity index (χ1) is 9.69. The van der Waals surface area contributed by atoms with Crippen molar-refractivity contribution in [1.82, 2.24) is 10.0 Å². The average molecular weight is 381 g/mol. The van der Waals surface area contributed by atoms with Gasteiger partial charge in [0.25, 0.3) is 0 Å². The summed E-state index contributed by atoms with van der Waals surface area (Å²) >= 11 is 3.24. The summed E-state index contributed by atoms with van der Waals surface area (Å²) in [6.45, 7) is 5.87. The monoisotopic (exact) mass is 380 g/mol. The van der Waals surface area contributed by atoms with Crippen LogP contribution in [-0.4, -0.2) is 21.0 Å². The Morgan fingerprint density at radius 2 is 1.86 bits per heavy atom. The Labute approximate surface area is 134 Å². The smallest absolute Gasteiger partial charge is 0.244 e. The lowest BCUT2D eigenvalue weighted by molar-refractivity contribution is 0.387. The third-order valence-corrected chi connectivity index (χ3v) is 5.77. The molecule has 4 nitrogen and oxygen atoms in total. The second-order valence-corrected chi connectivity index (χ2v) is 7.85. The van der Waals surface area contributed by atoms with Crippen molar-refractivity contribution >= 4 is 26.0 Å². The summed E-state index contributed by atoms with van der Waals surface area (Å²) in [5, 5.41) is 2.83. The van der Waals surface area contributed by atoms with Crippen LogP contribution >= 0.6 is 15.9 Å². The molecule has 0 fully saturated rings. The maximum atomic E-state index is 14.4. The van der Waals surface area contributed by atoms with E-state index < -0.39 is 21.4 Å². The first-order valence-corrected chi connectivity index (χ1v) is 9.13. The Kier molecular flexibility index (Phi) is 6.34. The van der Waals surface area contributed by atoms with Crippen molar-refractivity contribution in [2.24, 2.45) is 0 Å². The molecule has 1 aromatic rings. The summed E-state index contributed by atoms with van der Waals surface area (Å²) in [5.41, 5.74) is -0.279. The van der Waals surface area contributed by atoms with Crippen LogP contribution in [0, 0.1) is 5.82 Å². The van der Waals surface area contributed by atoms with Crippen molar-refractivity contribution in [1.29, 1.82) is 0 Å². The van der Waals surface area contributed by atoms with Gasteiger partial charge in [0.2, 0.25) is 10.0 Å². The van der Waals surface area contributed by atoms with E-state index in [9.17, 15) is 12.8 Å². The first kappa shape index (κ1) is 18.5. The van der Waals surface area contributed by atoms with Crippen LogP contribution in [0.25, 0.3) is 0 Å². The molecule has 0 aromatic heterocycles. The van der Waals surface area contributed by atoms with Crippen molar-refractivity contribution in [2.75, 3.05) is 7.05 Å². The van der Waals surface area contributed by atoms with Gasteiger partial charge in [-0.2, -0.15) is 0 Å². The molecule has 0 saturated heterocycles. The van der Waals surface area contributed by atoms with E-state index in [-0.39, 0.29) is 11.4 Å². The third kappa shape index (κ3) is 4.48. The minimum Gasteiger partial charge on any atom is -0.316 e. The van der Waals surface area contributed by atoms with Crippen molar-refractivity contribution < 1.29 is 12.8 Å². The minimum atomic E-state index is -3.92. The number of sulfonamides is 1. The second-order valence-electron chi connectivity index (χ2n) is 5.28. The molecule has 0 heterocycles. The molecule has 1 aromatic carbocycles. The molecule has 1 rings (SSSR count). The largest absolute Gasteiger partial charge is 0.316 e. The Morgan fingerprint density at radius 3 is 2.33 bits per heavy atom. The van der Waals surface area contributed by atoms with E-state index in [1.807, 2.05) is 20.8 Å². The third-order valence-electron chi connectivity index (χ3n) is 3.68. The van der Waals surface area contributed by atoms with Gasteiger partial charge in [-0.25, -0.2) is 17.5 Å². The second kappa shape index (κ2) is 7.17. The van der Waals surface area contributed by atoms with E-state index in [0.717, 1.165) is 0 Å². The quantitative estimate of drug-likeness (QED) is 0.763. The molecule has 0 aliphatic heterocycles. The number of hydrogen-bond donors (Lipinski definition) is 2. The lowest BCUT2D eigenvalue weighted by Gasteiger charge is -2.28. The highest BCUT2D eigenvalue weighted by atomic mass is 79.9. The standard InChI is InChI=1S/C14H22BrFN2O2S/c1-5-14(3,6-2)18-21(19,20)12-8-11(15)7-10(9-17-4)13(12)16/h7-8,17-18H,5-6,9H2,1-4H3. The van der Waals surface area contributed by atoms with Crippen LogP contribution in [-0.2, 0) is 16.6 Å². The van der Waals surface area contributed by atoms with Crippen molar-refractivity contribution in [3.63, 3.8) is 0 Å². The van der Waals surface area contributed by atoms with E-state index in [0.29, 0.717) is 22.9 Å². The minimum absolute atomic E-state index is 0.257. The molecule has 7 heteroatoms. The fourth-order valence-corrected chi connectivity index (χ4v) is 4.26. The van der Waals surface area contributed by atoms with Crippen LogP contribution in [0.1, 0.15) is 39.2 Å². The summed E-state index contributed by atoms with van der Waals surface area (Å²) in [5.74, 6) is -0.713. The first-order valence-electron chi connectivity index (χ1n) is 6.85. The van der Waals surface area contributed by atoms with Crippen molar-refractivity contribution in [2.45, 2.75) is 50.6 Å². The molecule has 0 unspecified atom stereocenters. The van der Waals surface area contributed by atoms with E-state index in [4.69, 9.17) is 0 Å². The molecule has 0 radical (unpaired) electrons.